The summed E-state index contributed by atoms with van der Waals surface area (Å²) in [6.07, 6.45) is 3.53. The average molecular weight is 346 g/mol. The standard InChI is InChI=1S/C19H30N4O2/c1-15-6-9-23(10-7-15)11-8-21-19(20-2)22-16-4-5-17-18(14-16)25-13-3-12-24-17/h4-5,14-15H,3,6-13H2,1-2H3,(H2,20,21,22). The predicted molar refractivity (Wildman–Crippen MR) is 102 cm³/mol. The van der Waals surface area contributed by atoms with Crippen molar-refractivity contribution in [2.75, 3.05) is 51.8 Å². The Labute approximate surface area is 150 Å². The zero-order valence-electron chi connectivity index (χ0n) is 15.4. The lowest BCUT2D eigenvalue weighted by molar-refractivity contribution is 0.195. The Bertz CT molecular complexity index is 583. The quantitative estimate of drug-likeness (QED) is 0.648. The molecule has 6 nitrogen and oxygen atoms in total. The molecule has 0 amide bonds. The van der Waals surface area contributed by atoms with E-state index in [0.29, 0.717) is 13.2 Å². The predicted octanol–water partition coefficient (Wildman–Crippen LogP) is 2.57. The van der Waals surface area contributed by atoms with Gasteiger partial charge in [0.2, 0.25) is 0 Å². The second-order valence-electron chi connectivity index (χ2n) is 6.86. The summed E-state index contributed by atoms with van der Waals surface area (Å²) < 4.78 is 11.4. The van der Waals surface area contributed by atoms with E-state index in [2.05, 4.69) is 27.4 Å². The summed E-state index contributed by atoms with van der Waals surface area (Å²) in [6.45, 7) is 8.09. The first kappa shape index (κ1) is 17.9. The van der Waals surface area contributed by atoms with E-state index in [1.165, 1.54) is 25.9 Å². The second-order valence-corrected chi connectivity index (χ2v) is 6.86. The fourth-order valence-electron chi connectivity index (χ4n) is 3.17. The van der Waals surface area contributed by atoms with Gasteiger partial charge in [-0.1, -0.05) is 6.92 Å². The molecule has 0 aromatic heterocycles. The maximum Gasteiger partial charge on any atom is 0.195 e. The molecule has 0 radical (unpaired) electrons. The first-order chi connectivity index (χ1) is 12.2. The minimum atomic E-state index is 0.692. The number of anilines is 1. The first-order valence-electron chi connectivity index (χ1n) is 9.34. The van der Waals surface area contributed by atoms with Gasteiger partial charge in [0, 0.05) is 38.3 Å². The molecule has 2 aliphatic rings. The number of guanidine groups is 1. The molecule has 0 atom stereocenters. The highest BCUT2D eigenvalue weighted by Crippen LogP contribution is 2.32. The first-order valence-corrected chi connectivity index (χ1v) is 9.34. The van der Waals surface area contributed by atoms with Crippen LogP contribution in [0.3, 0.4) is 0 Å². The Morgan fingerprint density at radius 1 is 1.20 bits per heavy atom. The fourth-order valence-corrected chi connectivity index (χ4v) is 3.17. The van der Waals surface area contributed by atoms with Gasteiger partial charge in [-0.15, -0.1) is 0 Å². The Kier molecular flexibility index (Phi) is 6.39. The summed E-state index contributed by atoms with van der Waals surface area (Å²) in [4.78, 5) is 6.83. The number of benzene rings is 1. The van der Waals surface area contributed by atoms with Crippen LogP contribution in [0, 0.1) is 5.92 Å². The number of hydrogen-bond acceptors (Lipinski definition) is 4. The molecule has 0 spiro atoms. The largest absolute Gasteiger partial charge is 0.490 e. The van der Waals surface area contributed by atoms with Gasteiger partial charge < -0.3 is 25.0 Å². The molecule has 0 bridgehead atoms. The smallest absolute Gasteiger partial charge is 0.195 e. The van der Waals surface area contributed by atoms with Gasteiger partial charge in [0.05, 0.1) is 13.2 Å². The van der Waals surface area contributed by atoms with Crippen LogP contribution in [0.5, 0.6) is 11.5 Å². The van der Waals surface area contributed by atoms with Crippen LogP contribution < -0.4 is 20.1 Å². The van der Waals surface area contributed by atoms with Crippen LogP contribution in [0.15, 0.2) is 23.2 Å². The topological polar surface area (TPSA) is 58.1 Å². The zero-order valence-corrected chi connectivity index (χ0v) is 15.4. The van der Waals surface area contributed by atoms with Crippen molar-refractivity contribution < 1.29 is 9.47 Å². The van der Waals surface area contributed by atoms with E-state index >= 15 is 0 Å². The van der Waals surface area contributed by atoms with Crippen molar-refractivity contribution in [2.45, 2.75) is 26.2 Å². The van der Waals surface area contributed by atoms with E-state index in [1.807, 2.05) is 18.2 Å². The lowest BCUT2D eigenvalue weighted by Crippen LogP contribution is -2.40. The molecule has 2 N–H and O–H groups in total. The number of likely N-dealkylation sites (tertiary alicyclic amines) is 1. The van der Waals surface area contributed by atoms with Crippen molar-refractivity contribution in [1.82, 2.24) is 10.2 Å². The number of fused-ring (bicyclic) bond motifs is 1. The van der Waals surface area contributed by atoms with Crippen LogP contribution >= 0.6 is 0 Å². The van der Waals surface area contributed by atoms with Gasteiger partial charge in [-0.3, -0.25) is 4.99 Å². The highest BCUT2D eigenvalue weighted by atomic mass is 16.5. The number of hydrogen-bond donors (Lipinski definition) is 2. The molecule has 25 heavy (non-hydrogen) atoms. The Morgan fingerprint density at radius 3 is 2.72 bits per heavy atom. The summed E-state index contributed by atoms with van der Waals surface area (Å²) in [5.74, 6) is 3.25. The van der Waals surface area contributed by atoms with Crippen molar-refractivity contribution in [3.05, 3.63) is 18.2 Å². The number of ether oxygens (including phenoxy) is 2. The van der Waals surface area contributed by atoms with Gasteiger partial charge in [0.25, 0.3) is 0 Å². The molecule has 1 saturated heterocycles. The third-order valence-corrected chi connectivity index (χ3v) is 4.83. The third-order valence-electron chi connectivity index (χ3n) is 4.83. The van der Waals surface area contributed by atoms with Crippen LogP contribution in [0.25, 0.3) is 0 Å². The van der Waals surface area contributed by atoms with Crippen molar-refractivity contribution in [1.29, 1.82) is 0 Å². The van der Waals surface area contributed by atoms with Crippen molar-refractivity contribution in [3.63, 3.8) is 0 Å². The van der Waals surface area contributed by atoms with E-state index in [-0.39, 0.29) is 0 Å². The summed E-state index contributed by atoms with van der Waals surface area (Å²) in [7, 11) is 1.79. The molecule has 3 rings (SSSR count). The summed E-state index contributed by atoms with van der Waals surface area (Å²) >= 11 is 0. The summed E-state index contributed by atoms with van der Waals surface area (Å²) in [5.41, 5.74) is 0.948. The molecule has 138 valence electrons. The summed E-state index contributed by atoms with van der Waals surface area (Å²) in [6, 6.07) is 5.91. The van der Waals surface area contributed by atoms with Gasteiger partial charge in [-0.05, 0) is 44.0 Å². The third kappa shape index (κ3) is 5.26. The fraction of sp³-hybridized carbons (Fsp3) is 0.632. The maximum absolute atomic E-state index is 5.74. The van der Waals surface area contributed by atoms with Crippen molar-refractivity contribution >= 4 is 11.6 Å². The van der Waals surface area contributed by atoms with Crippen LogP contribution in [-0.4, -0.2) is 57.3 Å². The Morgan fingerprint density at radius 2 is 1.96 bits per heavy atom. The SMILES string of the molecule is CN=C(NCCN1CCC(C)CC1)Nc1ccc2c(c1)OCCCO2. The molecule has 1 aromatic carbocycles. The highest BCUT2D eigenvalue weighted by Gasteiger charge is 2.15. The van der Waals surface area contributed by atoms with E-state index < -0.39 is 0 Å². The van der Waals surface area contributed by atoms with E-state index in [1.54, 1.807) is 7.05 Å². The van der Waals surface area contributed by atoms with Gasteiger partial charge in [-0.2, -0.15) is 0 Å². The zero-order chi connectivity index (χ0) is 17.5. The molecular weight excluding hydrogens is 316 g/mol. The maximum atomic E-state index is 5.74. The van der Waals surface area contributed by atoms with E-state index in [4.69, 9.17) is 9.47 Å². The molecule has 0 aliphatic carbocycles. The van der Waals surface area contributed by atoms with Crippen LogP contribution in [0.2, 0.25) is 0 Å². The number of piperidine rings is 1. The molecule has 1 fully saturated rings. The van der Waals surface area contributed by atoms with E-state index in [9.17, 15) is 0 Å². The molecule has 1 aromatic rings. The number of rotatable bonds is 4. The van der Waals surface area contributed by atoms with Gasteiger partial charge in [0.15, 0.2) is 17.5 Å². The summed E-state index contributed by atoms with van der Waals surface area (Å²) in [5, 5.41) is 6.72. The second kappa shape index (κ2) is 8.94. The number of nitrogens with one attached hydrogen (secondary N) is 2. The highest BCUT2D eigenvalue weighted by molar-refractivity contribution is 5.93. The van der Waals surface area contributed by atoms with Gasteiger partial charge >= 0.3 is 0 Å². The van der Waals surface area contributed by atoms with Crippen molar-refractivity contribution in [3.8, 4) is 11.5 Å². The van der Waals surface area contributed by atoms with Crippen LogP contribution in [0.1, 0.15) is 26.2 Å². The molecule has 6 heteroatoms. The monoisotopic (exact) mass is 346 g/mol. The minimum absolute atomic E-state index is 0.692. The van der Waals surface area contributed by atoms with Gasteiger partial charge in [-0.25, -0.2) is 0 Å². The number of aliphatic imine (C=N–C) groups is 1. The molecule has 0 unspecified atom stereocenters. The molecule has 2 aliphatic heterocycles. The Balaban J connectivity index is 1.48. The number of nitrogens with zero attached hydrogens (tertiary/aromatic N) is 2. The lowest BCUT2D eigenvalue weighted by atomic mass is 9.99. The van der Waals surface area contributed by atoms with Crippen molar-refractivity contribution in [2.24, 2.45) is 10.9 Å². The molecule has 0 saturated carbocycles. The van der Waals surface area contributed by atoms with E-state index in [0.717, 1.165) is 48.6 Å². The minimum Gasteiger partial charge on any atom is -0.490 e. The van der Waals surface area contributed by atoms with Gasteiger partial charge in [0.1, 0.15) is 0 Å². The molecule has 2 heterocycles. The average Bonchev–Trinajstić information content (AvgIpc) is 2.87. The molecular formula is C19H30N4O2. The van der Waals surface area contributed by atoms with Crippen LogP contribution in [-0.2, 0) is 0 Å². The lowest BCUT2D eigenvalue weighted by Gasteiger charge is -2.30. The van der Waals surface area contributed by atoms with Crippen LogP contribution in [0.4, 0.5) is 5.69 Å². The normalized spacial score (nSPS) is 19.4. The Hall–Kier alpha value is -1.95.